The second-order valence-electron chi connectivity index (χ2n) is 1.90. The first-order valence-electron chi connectivity index (χ1n) is 2.66. The fourth-order valence-corrected chi connectivity index (χ4v) is 0.432. The molecule has 2 radical (unpaired) electrons. The van der Waals surface area contributed by atoms with Crippen molar-refractivity contribution in [2.45, 2.75) is 13.2 Å². The Bertz CT molecular complexity index is 39.1. The molecule has 0 aliphatic rings. The fraction of sp³-hybridized carbons (Fsp3) is 1.00. The minimum absolute atomic E-state index is 0.616. The summed E-state index contributed by atoms with van der Waals surface area (Å²) in [5, 5.41) is 3.04. The predicted octanol–water partition coefficient (Wildman–Crippen LogP) is 0.429. The monoisotopic (exact) mass is 97.1 g/mol. The molecule has 0 fully saturated rings. The second kappa shape index (κ2) is 4.19. The van der Waals surface area contributed by atoms with Gasteiger partial charge in [0.2, 0.25) is 0 Å². The van der Waals surface area contributed by atoms with Gasteiger partial charge >= 0.3 is 0 Å². The number of hydrogen-bond donors (Lipinski definition) is 1. The van der Waals surface area contributed by atoms with Crippen molar-refractivity contribution < 1.29 is 0 Å². The summed E-state index contributed by atoms with van der Waals surface area (Å²) in [5.41, 5.74) is 0. The normalized spacial score (nSPS) is 14.0. The lowest BCUT2D eigenvalue weighted by Crippen LogP contribution is -2.15. The van der Waals surface area contributed by atoms with Crippen LogP contribution in [0, 0.1) is 5.92 Å². The van der Waals surface area contributed by atoms with Crippen LogP contribution in [-0.4, -0.2) is 21.4 Å². The van der Waals surface area contributed by atoms with Crippen LogP contribution in [0.4, 0.5) is 0 Å². The quantitative estimate of drug-likeness (QED) is 0.503. The molecule has 1 N–H and O–H groups in total. The van der Waals surface area contributed by atoms with E-state index in [0.717, 1.165) is 12.9 Å². The van der Waals surface area contributed by atoms with Gasteiger partial charge in [-0.3, -0.25) is 0 Å². The molecule has 7 heavy (non-hydrogen) atoms. The number of hydrogen-bond acceptors (Lipinski definition) is 1. The van der Waals surface area contributed by atoms with Gasteiger partial charge in [0.05, 0.1) is 7.85 Å². The van der Waals surface area contributed by atoms with E-state index in [1.165, 1.54) is 0 Å². The first-order chi connectivity index (χ1) is 3.31. The van der Waals surface area contributed by atoms with Gasteiger partial charge in [-0.25, -0.2) is 0 Å². The molecule has 0 aliphatic heterocycles. The van der Waals surface area contributed by atoms with Gasteiger partial charge in [0.1, 0.15) is 0 Å². The molecule has 0 aliphatic carbocycles. The van der Waals surface area contributed by atoms with Crippen molar-refractivity contribution in [1.29, 1.82) is 0 Å². The summed E-state index contributed by atoms with van der Waals surface area (Å²) >= 11 is 0. The van der Waals surface area contributed by atoms with Crippen molar-refractivity contribution in [2.75, 3.05) is 13.6 Å². The second-order valence-corrected chi connectivity index (χ2v) is 1.90. The minimum atomic E-state index is 0.616. The Morgan fingerprint density at radius 3 is 2.43 bits per heavy atom. The highest BCUT2D eigenvalue weighted by molar-refractivity contribution is 6.08. The molecule has 0 aromatic carbocycles. The summed E-state index contributed by atoms with van der Waals surface area (Å²) < 4.78 is 0. The Hall–Kier alpha value is 0.0249. The largest absolute Gasteiger partial charge is 0.320 e. The van der Waals surface area contributed by atoms with Gasteiger partial charge in [0.15, 0.2) is 0 Å². The van der Waals surface area contributed by atoms with Crippen molar-refractivity contribution >= 4 is 7.85 Å². The maximum absolute atomic E-state index is 5.32. The maximum atomic E-state index is 5.32. The first kappa shape index (κ1) is 7.02. The highest BCUT2D eigenvalue weighted by Gasteiger charge is 1.91. The summed E-state index contributed by atoms with van der Waals surface area (Å²) in [6.45, 7) is 3.15. The van der Waals surface area contributed by atoms with Crippen molar-refractivity contribution in [3.8, 4) is 0 Å². The molecule has 1 unspecified atom stereocenters. The zero-order valence-corrected chi connectivity index (χ0v) is 5.07. The molecule has 0 rings (SSSR count). The highest BCUT2D eigenvalue weighted by atomic mass is 14.8. The molecular weight excluding hydrogens is 84.9 g/mol. The summed E-state index contributed by atoms with van der Waals surface area (Å²) in [6.07, 6.45) is 0.779. The summed E-state index contributed by atoms with van der Waals surface area (Å²) in [5.74, 6) is 0.616. The van der Waals surface area contributed by atoms with E-state index in [9.17, 15) is 0 Å². The van der Waals surface area contributed by atoms with Crippen LogP contribution in [0.3, 0.4) is 0 Å². The van der Waals surface area contributed by atoms with Crippen LogP contribution in [-0.2, 0) is 0 Å². The van der Waals surface area contributed by atoms with Crippen molar-refractivity contribution in [2.24, 2.45) is 5.92 Å². The Morgan fingerprint density at radius 2 is 2.29 bits per heavy atom. The first-order valence-corrected chi connectivity index (χ1v) is 2.66. The van der Waals surface area contributed by atoms with E-state index in [1.54, 1.807) is 0 Å². The average molecular weight is 97.0 g/mol. The molecule has 0 aromatic rings. The van der Waals surface area contributed by atoms with Crippen LogP contribution in [0.15, 0.2) is 0 Å². The lowest BCUT2D eigenvalue weighted by molar-refractivity contribution is 0.594. The van der Waals surface area contributed by atoms with Gasteiger partial charge < -0.3 is 5.32 Å². The highest BCUT2D eigenvalue weighted by Crippen LogP contribution is 1.94. The van der Waals surface area contributed by atoms with E-state index < -0.39 is 0 Å². The molecule has 0 spiro atoms. The van der Waals surface area contributed by atoms with Crippen molar-refractivity contribution in [1.82, 2.24) is 5.32 Å². The van der Waals surface area contributed by atoms with Crippen LogP contribution in [0.2, 0.25) is 6.32 Å². The average Bonchev–Trinajstić information content (AvgIpc) is 1.68. The Labute approximate surface area is 46.9 Å². The van der Waals surface area contributed by atoms with Gasteiger partial charge in [0, 0.05) is 0 Å². The third-order valence-corrected chi connectivity index (χ3v) is 0.955. The standard InChI is InChI=1S/C5H12BN/c1-5(3-6)4-7-2/h5,7H,3-4H2,1-2H3. The lowest BCUT2D eigenvalue weighted by Gasteiger charge is -2.04. The molecule has 0 aromatic heterocycles. The van der Waals surface area contributed by atoms with Gasteiger partial charge in [-0.2, -0.15) is 0 Å². The van der Waals surface area contributed by atoms with Crippen LogP contribution in [0.5, 0.6) is 0 Å². The SMILES string of the molecule is [B]CC(C)CNC. The van der Waals surface area contributed by atoms with Crippen LogP contribution < -0.4 is 5.32 Å². The molecule has 1 atom stereocenters. The number of nitrogens with one attached hydrogen (secondary N) is 1. The minimum Gasteiger partial charge on any atom is -0.320 e. The Balaban J connectivity index is 2.83. The molecule has 0 amide bonds. The van der Waals surface area contributed by atoms with Gasteiger partial charge in [-0.1, -0.05) is 13.2 Å². The molecular formula is C5H12BN. The molecule has 40 valence electrons. The molecule has 1 nitrogen and oxygen atoms in total. The van der Waals surface area contributed by atoms with Crippen LogP contribution in [0.25, 0.3) is 0 Å². The lowest BCUT2D eigenvalue weighted by atomic mass is 9.93. The zero-order valence-electron chi connectivity index (χ0n) is 5.07. The molecule has 0 bridgehead atoms. The van der Waals surface area contributed by atoms with E-state index in [-0.39, 0.29) is 0 Å². The van der Waals surface area contributed by atoms with Crippen molar-refractivity contribution in [3.05, 3.63) is 0 Å². The summed E-state index contributed by atoms with van der Waals surface area (Å²) in [4.78, 5) is 0. The Morgan fingerprint density at radius 1 is 1.71 bits per heavy atom. The summed E-state index contributed by atoms with van der Waals surface area (Å²) in [7, 11) is 7.25. The van der Waals surface area contributed by atoms with E-state index >= 15 is 0 Å². The molecule has 0 saturated heterocycles. The van der Waals surface area contributed by atoms with E-state index in [4.69, 9.17) is 7.85 Å². The number of rotatable bonds is 3. The predicted molar refractivity (Wildman–Crippen MR) is 33.7 cm³/mol. The smallest absolute Gasteiger partial charge is 0.0657 e. The van der Waals surface area contributed by atoms with Gasteiger partial charge in [-0.15, -0.1) is 0 Å². The van der Waals surface area contributed by atoms with Crippen molar-refractivity contribution in [3.63, 3.8) is 0 Å². The third-order valence-electron chi connectivity index (χ3n) is 0.955. The molecule has 2 heteroatoms. The van der Waals surface area contributed by atoms with Crippen LogP contribution in [0.1, 0.15) is 6.92 Å². The van der Waals surface area contributed by atoms with Gasteiger partial charge in [-0.05, 0) is 19.5 Å². The third kappa shape index (κ3) is 3.87. The fourth-order valence-electron chi connectivity index (χ4n) is 0.432. The van der Waals surface area contributed by atoms with Gasteiger partial charge in [0.25, 0.3) is 0 Å². The van der Waals surface area contributed by atoms with E-state index in [2.05, 4.69) is 12.2 Å². The topological polar surface area (TPSA) is 12.0 Å². The summed E-state index contributed by atoms with van der Waals surface area (Å²) in [6, 6.07) is 0. The Kier molecular flexibility index (Phi) is 4.21. The molecule has 0 saturated carbocycles. The zero-order chi connectivity index (χ0) is 5.70. The van der Waals surface area contributed by atoms with E-state index in [1.807, 2.05) is 7.05 Å². The maximum Gasteiger partial charge on any atom is 0.0657 e. The van der Waals surface area contributed by atoms with E-state index in [0.29, 0.717) is 5.92 Å². The van der Waals surface area contributed by atoms with Crippen LogP contribution >= 0.6 is 0 Å². The molecule has 0 heterocycles.